The molecule has 5 nitrogen and oxygen atoms in total. The number of nitrogens with one attached hydrogen (secondary N) is 1. The van der Waals surface area contributed by atoms with E-state index in [4.69, 9.17) is 16.6 Å². The molecule has 0 bridgehead atoms. The summed E-state index contributed by atoms with van der Waals surface area (Å²) in [6.07, 6.45) is 5.54. The summed E-state index contributed by atoms with van der Waals surface area (Å²) in [5.41, 5.74) is 3.11. The van der Waals surface area contributed by atoms with Gasteiger partial charge in [0.25, 0.3) is 0 Å². The molecule has 0 aliphatic carbocycles. The second-order valence-electron chi connectivity index (χ2n) is 6.50. The molecule has 1 N–H and O–H groups in total. The normalized spacial score (nSPS) is 18.8. The molecule has 0 saturated carbocycles. The van der Waals surface area contributed by atoms with E-state index in [1.807, 2.05) is 30.5 Å². The first kappa shape index (κ1) is 15.4. The molecular weight excluding hydrogens is 322 g/mol. The fourth-order valence-corrected chi connectivity index (χ4v) is 3.51. The lowest BCUT2D eigenvalue weighted by atomic mass is 10.0. The van der Waals surface area contributed by atoms with Gasteiger partial charge in [-0.25, -0.2) is 9.97 Å². The number of hydrogen-bond acceptors (Lipinski definition) is 4. The van der Waals surface area contributed by atoms with Crippen molar-refractivity contribution in [1.29, 1.82) is 0 Å². The van der Waals surface area contributed by atoms with Crippen molar-refractivity contribution in [1.82, 2.24) is 20.2 Å². The van der Waals surface area contributed by atoms with Gasteiger partial charge >= 0.3 is 0 Å². The number of H-pyrrole nitrogens is 1. The van der Waals surface area contributed by atoms with E-state index in [1.54, 1.807) is 0 Å². The second kappa shape index (κ2) is 6.40. The van der Waals surface area contributed by atoms with Crippen LogP contribution in [0.4, 0.5) is 5.82 Å². The summed E-state index contributed by atoms with van der Waals surface area (Å²) in [7, 11) is 0. The predicted octanol–water partition coefficient (Wildman–Crippen LogP) is 4.30. The van der Waals surface area contributed by atoms with Crippen molar-refractivity contribution >= 4 is 28.6 Å². The van der Waals surface area contributed by atoms with Gasteiger partial charge in [0.15, 0.2) is 0 Å². The van der Waals surface area contributed by atoms with Crippen LogP contribution in [0.2, 0.25) is 5.02 Å². The first-order valence-electron chi connectivity index (χ1n) is 8.43. The van der Waals surface area contributed by atoms with Crippen molar-refractivity contribution in [2.45, 2.75) is 26.2 Å². The quantitative estimate of drug-likeness (QED) is 0.755. The predicted molar refractivity (Wildman–Crippen MR) is 97.4 cm³/mol. The Kier molecular flexibility index (Phi) is 4.10. The maximum Gasteiger partial charge on any atom is 0.202 e. The van der Waals surface area contributed by atoms with E-state index in [9.17, 15) is 0 Å². The average Bonchev–Trinajstić information content (AvgIpc) is 2.88. The van der Waals surface area contributed by atoms with Crippen LogP contribution in [0.25, 0.3) is 22.4 Å². The largest absolute Gasteiger partial charge is 0.355 e. The van der Waals surface area contributed by atoms with Crippen LogP contribution >= 0.6 is 11.6 Å². The molecule has 0 amide bonds. The summed E-state index contributed by atoms with van der Waals surface area (Å²) in [5, 5.41) is 8.06. The first-order valence-corrected chi connectivity index (χ1v) is 8.81. The van der Waals surface area contributed by atoms with Gasteiger partial charge < -0.3 is 4.90 Å². The van der Waals surface area contributed by atoms with Crippen molar-refractivity contribution in [2.24, 2.45) is 5.92 Å². The van der Waals surface area contributed by atoms with Gasteiger partial charge in [0, 0.05) is 18.7 Å². The smallest absolute Gasteiger partial charge is 0.202 e. The molecule has 1 aliphatic heterocycles. The molecule has 1 aromatic carbocycles. The third-order valence-corrected chi connectivity index (χ3v) is 5.07. The molecule has 1 unspecified atom stereocenters. The zero-order chi connectivity index (χ0) is 16.5. The number of hydrogen-bond donors (Lipinski definition) is 1. The van der Waals surface area contributed by atoms with Crippen molar-refractivity contribution in [3.63, 3.8) is 0 Å². The van der Waals surface area contributed by atoms with Crippen LogP contribution in [-0.2, 0) is 0 Å². The molecule has 124 valence electrons. The summed E-state index contributed by atoms with van der Waals surface area (Å²) >= 11 is 6.30. The second-order valence-corrected chi connectivity index (χ2v) is 6.91. The fourth-order valence-electron chi connectivity index (χ4n) is 3.28. The summed E-state index contributed by atoms with van der Waals surface area (Å²) in [5.74, 6) is 1.69. The molecule has 1 atom stereocenters. The van der Waals surface area contributed by atoms with Gasteiger partial charge in [-0.05, 0) is 31.2 Å². The topological polar surface area (TPSA) is 57.7 Å². The summed E-state index contributed by atoms with van der Waals surface area (Å²) < 4.78 is 0. The molecule has 4 rings (SSSR count). The van der Waals surface area contributed by atoms with E-state index in [2.05, 4.69) is 27.0 Å². The van der Waals surface area contributed by atoms with E-state index in [0.29, 0.717) is 10.7 Å². The highest BCUT2D eigenvalue weighted by atomic mass is 35.5. The highest BCUT2D eigenvalue weighted by Crippen LogP contribution is 2.31. The summed E-state index contributed by atoms with van der Waals surface area (Å²) in [6.45, 7) is 4.39. The highest BCUT2D eigenvalue weighted by Gasteiger charge is 2.18. The van der Waals surface area contributed by atoms with Gasteiger partial charge in [0.1, 0.15) is 11.3 Å². The van der Waals surface area contributed by atoms with Crippen molar-refractivity contribution < 1.29 is 0 Å². The lowest BCUT2D eigenvalue weighted by Crippen LogP contribution is -2.25. The Morgan fingerprint density at radius 2 is 2.08 bits per heavy atom. The fraction of sp³-hybridized carbons (Fsp3) is 0.389. The van der Waals surface area contributed by atoms with Crippen LogP contribution in [0, 0.1) is 5.92 Å². The zero-order valence-electron chi connectivity index (χ0n) is 13.7. The Morgan fingerprint density at radius 1 is 1.21 bits per heavy atom. The molecule has 3 aromatic rings. The van der Waals surface area contributed by atoms with Crippen LogP contribution in [0.3, 0.4) is 0 Å². The van der Waals surface area contributed by atoms with Crippen LogP contribution in [-0.4, -0.2) is 33.3 Å². The van der Waals surface area contributed by atoms with Crippen molar-refractivity contribution in [2.75, 3.05) is 18.0 Å². The van der Waals surface area contributed by atoms with E-state index in [0.717, 1.165) is 41.6 Å². The van der Waals surface area contributed by atoms with E-state index >= 15 is 0 Å². The molecule has 1 aliphatic rings. The number of benzene rings is 1. The Hall–Kier alpha value is -2.14. The summed E-state index contributed by atoms with van der Waals surface area (Å²) in [6, 6.07) is 7.69. The third kappa shape index (κ3) is 2.84. The molecule has 3 heterocycles. The molecule has 0 spiro atoms. The van der Waals surface area contributed by atoms with Gasteiger partial charge in [-0.15, -0.1) is 0 Å². The van der Waals surface area contributed by atoms with Crippen molar-refractivity contribution in [3.8, 4) is 11.3 Å². The lowest BCUT2D eigenvalue weighted by Gasteiger charge is -2.20. The molecule has 0 radical (unpaired) electrons. The highest BCUT2D eigenvalue weighted by molar-refractivity contribution is 6.33. The number of halogens is 1. The minimum atomic E-state index is 0.639. The maximum absolute atomic E-state index is 6.30. The van der Waals surface area contributed by atoms with Gasteiger partial charge in [-0.1, -0.05) is 36.7 Å². The summed E-state index contributed by atoms with van der Waals surface area (Å²) in [4.78, 5) is 11.7. The Morgan fingerprint density at radius 3 is 2.96 bits per heavy atom. The number of rotatable bonds is 2. The van der Waals surface area contributed by atoms with Crippen LogP contribution in [0.5, 0.6) is 0 Å². The Bertz CT molecular complexity index is 859. The van der Waals surface area contributed by atoms with Gasteiger partial charge in [-0.3, -0.25) is 5.10 Å². The number of nitrogens with zero attached hydrogens (tertiary/aromatic N) is 4. The number of anilines is 1. The minimum absolute atomic E-state index is 0.639. The third-order valence-electron chi connectivity index (χ3n) is 4.74. The first-order chi connectivity index (χ1) is 11.7. The van der Waals surface area contributed by atoms with Gasteiger partial charge in [-0.2, -0.15) is 5.10 Å². The van der Waals surface area contributed by atoms with Crippen LogP contribution in [0.15, 0.2) is 30.5 Å². The Labute approximate surface area is 146 Å². The van der Waals surface area contributed by atoms with Gasteiger partial charge in [0.2, 0.25) is 5.65 Å². The molecule has 24 heavy (non-hydrogen) atoms. The van der Waals surface area contributed by atoms with E-state index in [-0.39, 0.29) is 0 Å². The number of fused-ring (bicyclic) bond motifs is 1. The molecular formula is C18H20ClN5. The molecule has 6 heteroatoms. The van der Waals surface area contributed by atoms with E-state index in [1.165, 1.54) is 19.3 Å². The molecule has 1 fully saturated rings. The van der Waals surface area contributed by atoms with Crippen LogP contribution in [0.1, 0.15) is 26.2 Å². The number of aromatic nitrogens is 4. The van der Waals surface area contributed by atoms with Gasteiger partial charge in [0.05, 0.1) is 16.9 Å². The van der Waals surface area contributed by atoms with Crippen LogP contribution < -0.4 is 4.90 Å². The standard InChI is InChI=1S/C18H20ClN5/c1-12-5-4-9-24(10-8-12)15-11-20-17-16(22-23-18(17)21-15)13-6-2-3-7-14(13)19/h2-3,6-7,11-12H,4-5,8-10H2,1H3,(H,21,22,23). The molecule has 1 saturated heterocycles. The SMILES string of the molecule is CC1CCCN(c2cnc3c(-c4ccccc4Cl)[nH]nc3n2)CC1. The number of aromatic amines is 1. The zero-order valence-corrected chi connectivity index (χ0v) is 14.4. The van der Waals surface area contributed by atoms with E-state index < -0.39 is 0 Å². The minimum Gasteiger partial charge on any atom is -0.355 e. The molecule has 2 aromatic heterocycles. The monoisotopic (exact) mass is 341 g/mol. The average molecular weight is 342 g/mol. The lowest BCUT2D eigenvalue weighted by molar-refractivity contribution is 0.521. The Balaban J connectivity index is 1.69. The van der Waals surface area contributed by atoms with Crippen molar-refractivity contribution in [3.05, 3.63) is 35.5 Å². The maximum atomic E-state index is 6.30.